The number of nitrogen functional groups attached to an aromatic ring is 1. The molecule has 0 bridgehead atoms. The van der Waals surface area contributed by atoms with E-state index in [1.807, 2.05) is 31.2 Å². The minimum atomic E-state index is -0.441. The van der Waals surface area contributed by atoms with Crippen LogP contribution in [0.5, 0.6) is 0 Å². The Morgan fingerprint density at radius 3 is 2.61 bits per heavy atom. The number of hydrogen-bond acceptors (Lipinski definition) is 4. The summed E-state index contributed by atoms with van der Waals surface area (Å²) in [5, 5.41) is 8.35. The second-order valence-corrected chi connectivity index (χ2v) is 7.23. The first-order chi connectivity index (χ1) is 13.5. The molecule has 2 aromatic carbocycles. The number of nitrogens with zero attached hydrogens (tertiary/aromatic N) is 1. The minimum absolute atomic E-state index is 0.386. The number of rotatable bonds is 3. The fourth-order valence-electron chi connectivity index (χ4n) is 3.00. The Kier molecular flexibility index (Phi) is 4.67. The van der Waals surface area contributed by atoms with Crippen LogP contribution in [0.1, 0.15) is 5.56 Å². The SMILES string of the molecule is Cc1cnc(N)c2c(-c3ccc(NC(=O)Nc4cccc(F)c4)cc3)csc12. The van der Waals surface area contributed by atoms with Crippen LogP contribution in [-0.2, 0) is 0 Å². The maximum absolute atomic E-state index is 13.2. The number of fused-ring (bicyclic) bond motifs is 1. The molecule has 0 aliphatic rings. The van der Waals surface area contributed by atoms with Crippen LogP contribution in [0.3, 0.4) is 0 Å². The van der Waals surface area contributed by atoms with E-state index in [0.29, 0.717) is 17.2 Å². The number of nitrogens with two attached hydrogens (primary N) is 1. The molecule has 0 saturated heterocycles. The highest BCUT2D eigenvalue weighted by Gasteiger charge is 2.12. The molecule has 0 radical (unpaired) electrons. The fourth-order valence-corrected chi connectivity index (χ4v) is 4.06. The van der Waals surface area contributed by atoms with Crippen LogP contribution < -0.4 is 16.4 Å². The van der Waals surface area contributed by atoms with Gasteiger partial charge in [-0.25, -0.2) is 14.2 Å². The summed E-state index contributed by atoms with van der Waals surface area (Å²) in [7, 11) is 0. The van der Waals surface area contributed by atoms with Crippen molar-refractivity contribution in [1.82, 2.24) is 4.98 Å². The number of hydrogen-bond donors (Lipinski definition) is 3. The maximum Gasteiger partial charge on any atom is 0.323 e. The van der Waals surface area contributed by atoms with Crippen molar-refractivity contribution >= 4 is 44.6 Å². The van der Waals surface area contributed by atoms with E-state index in [1.165, 1.54) is 18.2 Å². The molecule has 4 N–H and O–H groups in total. The fraction of sp³-hybridized carbons (Fsp3) is 0.0476. The van der Waals surface area contributed by atoms with Crippen LogP contribution in [0.2, 0.25) is 0 Å². The van der Waals surface area contributed by atoms with Gasteiger partial charge in [-0.2, -0.15) is 0 Å². The number of aryl methyl sites for hydroxylation is 1. The lowest BCUT2D eigenvalue weighted by atomic mass is 10.0. The molecule has 0 fully saturated rings. The van der Waals surface area contributed by atoms with Gasteiger partial charge < -0.3 is 16.4 Å². The number of halogens is 1. The van der Waals surface area contributed by atoms with Gasteiger partial charge in [-0.15, -0.1) is 11.3 Å². The van der Waals surface area contributed by atoms with E-state index in [2.05, 4.69) is 21.0 Å². The molecule has 4 rings (SSSR count). The van der Waals surface area contributed by atoms with Crippen LogP contribution in [0.15, 0.2) is 60.1 Å². The third-order valence-electron chi connectivity index (χ3n) is 4.34. The number of nitrogens with one attached hydrogen (secondary N) is 2. The molecule has 7 heteroatoms. The quantitative estimate of drug-likeness (QED) is 0.422. The topological polar surface area (TPSA) is 80.0 Å². The third-order valence-corrected chi connectivity index (χ3v) is 5.45. The lowest BCUT2D eigenvalue weighted by molar-refractivity contribution is 0.262. The number of urea groups is 1. The van der Waals surface area contributed by atoms with E-state index in [0.717, 1.165) is 26.8 Å². The zero-order valence-corrected chi connectivity index (χ0v) is 15.8. The highest BCUT2D eigenvalue weighted by Crippen LogP contribution is 2.38. The zero-order valence-electron chi connectivity index (χ0n) is 15.0. The first-order valence-corrected chi connectivity index (χ1v) is 9.45. The predicted molar refractivity (Wildman–Crippen MR) is 113 cm³/mol. The Morgan fingerprint density at radius 1 is 1.11 bits per heavy atom. The molecule has 0 spiro atoms. The van der Waals surface area contributed by atoms with Crippen molar-refractivity contribution in [2.75, 3.05) is 16.4 Å². The maximum atomic E-state index is 13.2. The van der Waals surface area contributed by atoms with E-state index in [9.17, 15) is 9.18 Å². The Balaban J connectivity index is 1.53. The van der Waals surface area contributed by atoms with Crippen molar-refractivity contribution in [3.63, 3.8) is 0 Å². The standard InChI is InChI=1S/C21H17FN4OS/c1-12-10-24-20(23)18-17(11-28-19(12)18)13-5-7-15(8-6-13)25-21(27)26-16-4-2-3-14(22)9-16/h2-11H,1H3,(H2,23,24)(H2,25,26,27). The van der Waals surface area contributed by atoms with Gasteiger partial charge in [0.05, 0.1) is 0 Å². The lowest BCUT2D eigenvalue weighted by Crippen LogP contribution is -2.19. The molecule has 2 heterocycles. The molecule has 4 aromatic rings. The number of thiophene rings is 1. The molecular formula is C21H17FN4OS. The minimum Gasteiger partial charge on any atom is -0.383 e. The average molecular weight is 392 g/mol. The summed E-state index contributed by atoms with van der Waals surface area (Å²) in [5.41, 5.74) is 10.2. The van der Waals surface area contributed by atoms with Gasteiger partial charge in [0.15, 0.2) is 0 Å². The number of carbonyl (C=O) groups excluding carboxylic acids is 1. The van der Waals surface area contributed by atoms with Gasteiger partial charge in [-0.05, 0) is 53.8 Å². The Bertz CT molecular complexity index is 1170. The van der Waals surface area contributed by atoms with E-state index < -0.39 is 11.8 Å². The molecule has 0 atom stereocenters. The van der Waals surface area contributed by atoms with Crippen LogP contribution >= 0.6 is 11.3 Å². The second kappa shape index (κ2) is 7.28. The Labute approximate surface area is 165 Å². The van der Waals surface area contributed by atoms with Crippen molar-refractivity contribution < 1.29 is 9.18 Å². The van der Waals surface area contributed by atoms with Crippen molar-refractivity contribution in [1.29, 1.82) is 0 Å². The van der Waals surface area contributed by atoms with E-state index in [4.69, 9.17) is 5.73 Å². The summed E-state index contributed by atoms with van der Waals surface area (Å²) in [4.78, 5) is 16.4. The number of benzene rings is 2. The number of carbonyl (C=O) groups is 1. The molecule has 0 aliphatic heterocycles. The van der Waals surface area contributed by atoms with Crippen LogP contribution in [0, 0.1) is 12.7 Å². The second-order valence-electron chi connectivity index (χ2n) is 6.35. The number of pyridine rings is 1. The first-order valence-electron chi connectivity index (χ1n) is 8.57. The van der Waals surface area contributed by atoms with Gasteiger partial charge in [0.1, 0.15) is 11.6 Å². The molecule has 0 aliphatic carbocycles. The highest BCUT2D eigenvalue weighted by atomic mass is 32.1. The van der Waals surface area contributed by atoms with Gasteiger partial charge >= 0.3 is 6.03 Å². The summed E-state index contributed by atoms with van der Waals surface area (Å²) < 4.78 is 14.3. The summed E-state index contributed by atoms with van der Waals surface area (Å²) in [6.07, 6.45) is 1.78. The molecule has 0 saturated carbocycles. The molecule has 2 aromatic heterocycles. The summed E-state index contributed by atoms with van der Waals surface area (Å²) in [6, 6.07) is 12.7. The number of amides is 2. The van der Waals surface area contributed by atoms with Crippen LogP contribution in [0.25, 0.3) is 21.2 Å². The highest BCUT2D eigenvalue weighted by molar-refractivity contribution is 7.18. The van der Waals surface area contributed by atoms with Gasteiger partial charge in [-0.3, -0.25) is 0 Å². The van der Waals surface area contributed by atoms with Crippen LogP contribution in [0.4, 0.5) is 26.4 Å². The van der Waals surface area contributed by atoms with Gasteiger partial charge in [0.25, 0.3) is 0 Å². The summed E-state index contributed by atoms with van der Waals surface area (Å²) in [5.74, 6) is 0.0997. The summed E-state index contributed by atoms with van der Waals surface area (Å²) in [6.45, 7) is 2.01. The van der Waals surface area contributed by atoms with E-state index in [-0.39, 0.29) is 0 Å². The number of aromatic nitrogens is 1. The Morgan fingerprint density at radius 2 is 1.86 bits per heavy atom. The molecular weight excluding hydrogens is 375 g/mol. The van der Waals surface area contributed by atoms with Crippen LogP contribution in [-0.4, -0.2) is 11.0 Å². The molecule has 28 heavy (non-hydrogen) atoms. The van der Waals surface area contributed by atoms with E-state index in [1.54, 1.807) is 23.6 Å². The molecule has 5 nitrogen and oxygen atoms in total. The number of anilines is 3. The first kappa shape index (κ1) is 17.9. The van der Waals surface area contributed by atoms with Crippen molar-refractivity contribution in [3.8, 4) is 11.1 Å². The van der Waals surface area contributed by atoms with Gasteiger partial charge in [0, 0.05) is 33.2 Å². The summed E-state index contributed by atoms with van der Waals surface area (Å²) >= 11 is 1.64. The van der Waals surface area contributed by atoms with E-state index >= 15 is 0 Å². The largest absolute Gasteiger partial charge is 0.383 e. The lowest BCUT2D eigenvalue weighted by Gasteiger charge is -2.09. The average Bonchev–Trinajstić information content (AvgIpc) is 3.12. The normalized spacial score (nSPS) is 10.8. The smallest absolute Gasteiger partial charge is 0.323 e. The van der Waals surface area contributed by atoms with Crippen molar-refractivity contribution in [3.05, 3.63) is 71.5 Å². The third kappa shape index (κ3) is 3.52. The molecule has 140 valence electrons. The van der Waals surface area contributed by atoms with Crippen molar-refractivity contribution in [2.45, 2.75) is 6.92 Å². The molecule has 2 amide bonds. The van der Waals surface area contributed by atoms with Crippen molar-refractivity contribution in [2.24, 2.45) is 0 Å². The van der Waals surface area contributed by atoms with Gasteiger partial charge in [-0.1, -0.05) is 18.2 Å². The Hall–Kier alpha value is -3.45. The monoisotopic (exact) mass is 392 g/mol. The van der Waals surface area contributed by atoms with Gasteiger partial charge in [0.2, 0.25) is 0 Å². The zero-order chi connectivity index (χ0) is 19.7. The molecule has 0 unspecified atom stereocenters. The predicted octanol–water partition coefficient (Wildman–Crippen LogP) is 5.64.